The first-order valence-corrected chi connectivity index (χ1v) is 9.15. The highest BCUT2D eigenvalue weighted by Gasteiger charge is 2.13. The number of hydrogen-bond acceptors (Lipinski definition) is 6. The van der Waals surface area contributed by atoms with Gasteiger partial charge in [0.05, 0.1) is 30.5 Å². The zero-order chi connectivity index (χ0) is 21.5. The van der Waals surface area contributed by atoms with E-state index in [1.54, 1.807) is 26.6 Å². The fraction of sp³-hybridized carbons (Fsp3) is 0.130. The van der Waals surface area contributed by atoms with E-state index >= 15 is 0 Å². The van der Waals surface area contributed by atoms with Crippen molar-refractivity contribution in [2.24, 2.45) is 9.98 Å². The zero-order valence-electron chi connectivity index (χ0n) is 16.9. The van der Waals surface area contributed by atoms with E-state index in [2.05, 4.69) is 9.98 Å². The minimum absolute atomic E-state index is 0.0654. The lowest BCUT2D eigenvalue weighted by Crippen LogP contribution is -1.90. The van der Waals surface area contributed by atoms with Crippen LogP contribution in [-0.2, 0) is 0 Å². The summed E-state index contributed by atoms with van der Waals surface area (Å²) in [5, 5.41) is 11.4. The number of nitrogens with zero attached hydrogens (tertiary/aromatic N) is 3. The van der Waals surface area contributed by atoms with Gasteiger partial charge in [0.1, 0.15) is 11.5 Å². The van der Waals surface area contributed by atoms with Crippen LogP contribution in [0.2, 0.25) is 0 Å². The van der Waals surface area contributed by atoms with Crippen molar-refractivity contribution in [3.63, 3.8) is 0 Å². The molecule has 0 fully saturated rings. The molecule has 0 aromatic heterocycles. The molecule has 3 rings (SSSR count). The van der Waals surface area contributed by atoms with Crippen LogP contribution in [-0.4, -0.2) is 31.6 Å². The van der Waals surface area contributed by atoms with Crippen LogP contribution in [0.15, 0.2) is 70.6 Å². The summed E-state index contributed by atoms with van der Waals surface area (Å²) in [6.45, 7) is 1.84. The van der Waals surface area contributed by atoms with Gasteiger partial charge in [-0.3, -0.25) is 20.1 Å². The van der Waals surface area contributed by atoms with Crippen molar-refractivity contribution >= 4 is 29.5 Å². The van der Waals surface area contributed by atoms with E-state index in [0.717, 1.165) is 28.2 Å². The van der Waals surface area contributed by atoms with Crippen LogP contribution in [0.1, 0.15) is 16.7 Å². The Kier molecular flexibility index (Phi) is 6.54. The standard InChI is InChI=1S/C23H21N3O4/c1-16-22(24-14-17-4-8-20(29-2)9-5-17)12-19(26(27)28)13-23(16)25-15-18-6-10-21(30-3)11-7-18/h4-15H,1-3H3. The molecular formula is C23H21N3O4. The van der Waals surface area contributed by atoms with Gasteiger partial charge in [-0.05, 0) is 66.6 Å². The van der Waals surface area contributed by atoms with Gasteiger partial charge in [0.2, 0.25) is 0 Å². The Hall–Kier alpha value is -4.00. The Morgan fingerprint density at radius 1 is 0.800 bits per heavy atom. The molecule has 0 saturated heterocycles. The third-order valence-electron chi connectivity index (χ3n) is 4.49. The molecule has 0 bridgehead atoms. The normalized spacial score (nSPS) is 11.2. The highest BCUT2D eigenvalue weighted by atomic mass is 16.6. The van der Waals surface area contributed by atoms with Gasteiger partial charge in [0, 0.05) is 30.1 Å². The quantitative estimate of drug-likeness (QED) is 0.299. The predicted molar refractivity (Wildman–Crippen MR) is 118 cm³/mol. The minimum atomic E-state index is -0.446. The second-order valence-electron chi connectivity index (χ2n) is 6.43. The third-order valence-corrected chi connectivity index (χ3v) is 4.49. The van der Waals surface area contributed by atoms with E-state index in [1.165, 1.54) is 12.1 Å². The molecule has 0 atom stereocenters. The van der Waals surface area contributed by atoms with E-state index in [9.17, 15) is 10.1 Å². The maximum atomic E-state index is 11.4. The third kappa shape index (κ3) is 5.08. The Bertz CT molecular complexity index is 1010. The molecule has 0 aliphatic carbocycles. The van der Waals surface area contributed by atoms with E-state index in [-0.39, 0.29) is 5.69 Å². The largest absolute Gasteiger partial charge is 0.497 e. The van der Waals surface area contributed by atoms with Crippen molar-refractivity contribution in [3.8, 4) is 11.5 Å². The SMILES string of the molecule is COc1ccc(C=Nc2cc([N+](=O)[O-])cc(N=Cc3ccc(OC)cc3)c2C)cc1. The maximum Gasteiger partial charge on any atom is 0.273 e. The molecule has 0 heterocycles. The first-order valence-electron chi connectivity index (χ1n) is 9.15. The van der Waals surface area contributed by atoms with Gasteiger partial charge < -0.3 is 9.47 Å². The van der Waals surface area contributed by atoms with Crippen LogP contribution in [0.3, 0.4) is 0 Å². The first kappa shape index (κ1) is 20.7. The fourth-order valence-electron chi connectivity index (χ4n) is 2.71. The molecule has 0 unspecified atom stereocenters. The number of aliphatic imine (C=N–C) groups is 2. The topological polar surface area (TPSA) is 86.3 Å². The molecule has 152 valence electrons. The zero-order valence-corrected chi connectivity index (χ0v) is 16.9. The molecule has 7 heteroatoms. The van der Waals surface area contributed by atoms with E-state index < -0.39 is 4.92 Å². The van der Waals surface area contributed by atoms with Gasteiger partial charge in [-0.15, -0.1) is 0 Å². The Morgan fingerprint density at radius 3 is 1.53 bits per heavy atom. The summed E-state index contributed by atoms with van der Waals surface area (Å²) in [6.07, 6.45) is 3.31. The van der Waals surface area contributed by atoms with Crippen molar-refractivity contribution in [1.29, 1.82) is 0 Å². The number of hydrogen-bond donors (Lipinski definition) is 0. The Labute approximate surface area is 174 Å². The van der Waals surface area contributed by atoms with Crippen LogP contribution in [0, 0.1) is 17.0 Å². The van der Waals surface area contributed by atoms with Crippen LogP contribution < -0.4 is 9.47 Å². The Morgan fingerprint density at radius 2 is 1.20 bits per heavy atom. The summed E-state index contributed by atoms with van der Waals surface area (Å²) in [4.78, 5) is 19.8. The first-order chi connectivity index (χ1) is 14.5. The van der Waals surface area contributed by atoms with Crippen molar-refractivity contribution in [3.05, 3.63) is 87.5 Å². The molecule has 30 heavy (non-hydrogen) atoms. The number of benzene rings is 3. The monoisotopic (exact) mass is 403 g/mol. The molecule has 0 saturated carbocycles. The molecule has 3 aromatic carbocycles. The number of rotatable bonds is 7. The number of ether oxygens (including phenoxy) is 2. The van der Waals surface area contributed by atoms with E-state index in [1.807, 2.05) is 55.5 Å². The summed E-state index contributed by atoms with van der Waals surface area (Å²) < 4.78 is 10.3. The lowest BCUT2D eigenvalue weighted by Gasteiger charge is -2.05. The van der Waals surface area contributed by atoms with Crippen LogP contribution >= 0.6 is 0 Å². The van der Waals surface area contributed by atoms with Gasteiger partial charge in [-0.2, -0.15) is 0 Å². The highest BCUT2D eigenvalue weighted by molar-refractivity contribution is 5.85. The van der Waals surface area contributed by atoms with Gasteiger partial charge in [0.15, 0.2) is 0 Å². The lowest BCUT2D eigenvalue weighted by molar-refractivity contribution is -0.384. The minimum Gasteiger partial charge on any atom is -0.497 e. The molecule has 0 N–H and O–H groups in total. The van der Waals surface area contributed by atoms with Crippen molar-refractivity contribution in [2.75, 3.05) is 14.2 Å². The van der Waals surface area contributed by atoms with Crippen LogP contribution in [0.5, 0.6) is 11.5 Å². The van der Waals surface area contributed by atoms with E-state index in [4.69, 9.17) is 9.47 Å². The second-order valence-corrected chi connectivity index (χ2v) is 6.43. The van der Waals surface area contributed by atoms with Gasteiger partial charge >= 0.3 is 0 Å². The molecule has 3 aromatic rings. The van der Waals surface area contributed by atoms with Gasteiger partial charge in [0.25, 0.3) is 5.69 Å². The van der Waals surface area contributed by atoms with Crippen molar-refractivity contribution in [2.45, 2.75) is 6.92 Å². The number of methoxy groups -OCH3 is 2. The van der Waals surface area contributed by atoms with Crippen LogP contribution in [0.25, 0.3) is 0 Å². The average molecular weight is 403 g/mol. The molecule has 0 aliphatic rings. The Balaban J connectivity index is 1.92. The number of non-ortho nitro benzene ring substituents is 1. The smallest absolute Gasteiger partial charge is 0.273 e. The molecule has 0 spiro atoms. The number of nitro groups is 1. The van der Waals surface area contributed by atoms with E-state index in [0.29, 0.717) is 11.4 Å². The molecule has 0 amide bonds. The highest BCUT2D eigenvalue weighted by Crippen LogP contribution is 2.33. The van der Waals surface area contributed by atoms with Crippen LogP contribution in [0.4, 0.5) is 17.1 Å². The summed E-state index contributed by atoms with van der Waals surface area (Å²) in [6, 6.07) is 17.6. The summed E-state index contributed by atoms with van der Waals surface area (Å²) in [5.41, 5.74) is 3.36. The maximum absolute atomic E-state index is 11.4. The molecule has 0 radical (unpaired) electrons. The number of nitro benzene ring substituents is 1. The fourth-order valence-corrected chi connectivity index (χ4v) is 2.71. The average Bonchev–Trinajstić information content (AvgIpc) is 2.78. The van der Waals surface area contributed by atoms with Gasteiger partial charge in [-0.1, -0.05) is 0 Å². The second kappa shape index (κ2) is 9.47. The van der Waals surface area contributed by atoms with Crippen molar-refractivity contribution < 1.29 is 14.4 Å². The predicted octanol–water partition coefficient (Wildman–Crippen LogP) is 5.42. The summed E-state index contributed by atoms with van der Waals surface area (Å²) in [7, 11) is 3.20. The van der Waals surface area contributed by atoms with Gasteiger partial charge in [-0.25, -0.2) is 0 Å². The lowest BCUT2D eigenvalue weighted by atomic mass is 10.1. The van der Waals surface area contributed by atoms with Crippen molar-refractivity contribution in [1.82, 2.24) is 0 Å². The molecular weight excluding hydrogens is 382 g/mol. The molecule has 0 aliphatic heterocycles. The molecule has 7 nitrogen and oxygen atoms in total. The summed E-state index contributed by atoms with van der Waals surface area (Å²) >= 11 is 0. The summed E-state index contributed by atoms with van der Waals surface area (Å²) in [5.74, 6) is 1.49.